The number of methoxy groups -OCH3 is 1. The molecule has 0 fully saturated rings. The van der Waals surface area contributed by atoms with Crippen LogP contribution >= 0.6 is 0 Å². The number of hydrogen-bond acceptors (Lipinski definition) is 2. The molecule has 0 atom stereocenters. The van der Waals surface area contributed by atoms with Crippen LogP contribution in [-0.4, -0.2) is 7.11 Å². The molecular weight excluding hydrogens is 183 g/mol. The predicted octanol–water partition coefficient (Wildman–Crippen LogP) is 1.98. The van der Waals surface area contributed by atoms with Crippen LogP contribution < -0.4 is 4.74 Å². The summed E-state index contributed by atoms with van der Waals surface area (Å²) in [6.45, 7) is 0. The molecule has 0 aliphatic carbocycles. The number of ether oxygens (including phenoxy) is 1. The fourth-order valence-electron chi connectivity index (χ4n) is 0.810. The molecule has 0 aliphatic rings. The zero-order valence-electron chi connectivity index (χ0n) is 6.57. The second-order valence-electron chi connectivity index (χ2n) is 2.18. The summed E-state index contributed by atoms with van der Waals surface area (Å²) in [6, 6.07) is 2.18. The third-order valence-electron chi connectivity index (χ3n) is 1.45. The van der Waals surface area contributed by atoms with Gasteiger partial charge in [0.25, 0.3) is 0 Å². The first-order valence-corrected chi connectivity index (χ1v) is 3.23. The van der Waals surface area contributed by atoms with Gasteiger partial charge in [0.15, 0.2) is 17.4 Å². The summed E-state index contributed by atoms with van der Waals surface area (Å²) in [7, 11) is 1.09. The van der Waals surface area contributed by atoms with E-state index in [2.05, 4.69) is 4.74 Å². The minimum absolute atomic E-state index is 0.490. The average molecular weight is 187 g/mol. The van der Waals surface area contributed by atoms with Crippen LogP contribution in [0.2, 0.25) is 0 Å². The summed E-state index contributed by atoms with van der Waals surface area (Å²) < 4.78 is 42.5. The van der Waals surface area contributed by atoms with E-state index < -0.39 is 28.8 Å². The Hall–Kier alpha value is -1.70. The Balaban J connectivity index is 3.48. The summed E-state index contributed by atoms with van der Waals surface area (Å²) >= 11 is 0. The van der Waals surface area contributed by atoms with Crippen LogP contribution in [0.4, 0.5) is 13.2 Å². The molecule has 2 nitrogen and oxygen atoms in total. The first-order valence-electron chi connectivity index (χ1n) is 3.23. The first kappa shape index (κ1) is 9.39. The van der Waals surface area contributed by atoms with Crippen molar-refractivity contribution in [3.8, 4) is 11.8 Å². The fourth-order valence-corrected chi connectivity index (χ4v) is 0.810. The van der Waals surface area contributed by atoms with E-state index in [-0.39, 0.29) is 0 Å². The number of rotatable bonds is 1. The Morgan fingerprint density at radius 2 is 1.85 bits per heavy atom. The summed E-state index contributed by atoms with van der Waals surface area (Å²) in [5, 5.41) is 8.32. The Morgan fingerprint density at radius 1 is 1.23 bits per heavy atom. The molecule has 0 spiro atoms. The second kappa shape index (κ2) is 3.35. The Labute approximate surface area is 72.2 Å². The summed E-state index contributed by atoms with van der Waals surface area (Å²) in [5.41, 5.74) is -0.587. The number of halogens is 3. The van der Waals surface area contributed by atoms with E-state index in [0.717, 1.165) is 13.2 Å². The van der Waals surface area contributed by atoms with Gasteiger partial charge in [-0.15, -0.1) is 0 Å². The fraction of sp³-hybridized carbons (Fsp3) is 0.125. The minimum atomic E-state index is -1.70. The van der Waals surface area contributed by atoms with E-state index in [1.165, 1.54) is 6.07 Å². The quantitative estimate of drug-likeness (QED) is 0.630. The second-order valence-corrected chi connectivity index (χ2v) is 2.18. The van der Waals surface area contributed by atoms with Crippen LogP contribution in [0.3, 0.4) is 0 Å². The van der Waals surface area contributed by atoms with E-state index in [0.29, 0.717) is 0 Å². The molecule has 5 heteroatoms. The molecule has 0 saturated heterocycles. The maximum absolute atomic E-state index is 12.7. The lowest BCUT2D eigenvalue weighted by molar-refractivity contribution is 0.360. The molecule has 0 radical (unpaired) electrons. The molecule has 0 aromatic heterocycles. The molecule has 1 aromatic rings. The van der Waals surface area contributed by atoms with Gasteiger partial charge in [0.05, 0.1) is 12.7 Å². The standard InChI is InChI=1S/C8H4F3NO/c1-13-5-2-4(3-12)6(9)8(11)7(5)10/h2H,1H3. The van der Waals surface area contributed by atoms with Crippen molar-refractivity contribution in [1.29, 1.82) is 5.26 Å². The van der Waals surface area contributed by atoms with E-state index in [4.69, 9.17) is 5.26 Å². The topological polar surface area (TPSA) is 33.0 Å². The van der Waals surface area contributed by atoms with Crippen molar-refractivity contribution in [2.24, 2.45) is 0 Å². The van der Waals surface area contributed by atoms with E-state index in [1.54, 1.807) is 0 Å². The largest absolute Gasteiger partial charge is 0.494 e. The molecule has 0 aliphatic heterocycles. The van der Waals surface area contributed by atoms with Crippen molar-refractivity contribution in [1.82, 2.24) is 0 Å². The zero-order valence-corrected chi connectivity index (χ0v) is 6.57. The number of nitriles is 1. The third-order valence-corrected chi connectivity index (χ3v) is 1.45. The molecule has 0 amide bonds. The lowest BCUT2D eigenvalue weighted by Crippen LogP contribution is -1.98. The van der Waals surface area contributed by atoms with Crippen LogP contribution in [-0.2, 0) is 0 Å². The van der Waals surface area contributed by atoms with Crippen molar-refractivity contribution in [2.45, 2.75) is 0 Å². The van der Waals surface area contributed by atoms with Gasteiger partial charge in [0, 0.05) is 6.07 Å². The summed E-state index contributed by atoms with van der Waals surface area (Å²) in [5.74, 6) is -5.12. The molecule has 0 bridgehead atoms. The van der Waals surface area contributed by atoms with Crippen molar-refractivity contribution in [3.05, 3.63) is 29.1 Å². The van der Waals surface area contributed by atoms with Crippen LogP contribution in [0.5, 0.6) is 5.75 Å². The highest BCUT2D eigenvalue weighted by molar-refractivity contribution is 5.39. The molecule has 1 aromatic carbocycles. The van der Waals surface area contributed by atoms with Crippen molar-refractivity contribution < 1.29 is 17.9 Å². The highest BCUT2D eigenvalue weighted by atomic mass is 19.2. The van der Waals surface area contributed by atoms with Gasteiger partial charge in [-0.3, -0.25) is 0 Å². The van der Waals surface area contributed by atoms with Gasteiger partial charge in [-0.1, -0.05) is 0 Å². The summed E-state index contributed by atoms with van der Waals surface area (Å²) in [4.78, 5) is 0. The van der Waals surface area contributed by atoms with E-state index in [9.17, 15) is 13.2 Å². The third kappa shape index (κ3) is 1.43. The summed E-state index contributed by atoms with van der Waals surface area (Å²) in [6.07, 6.45) is 0. The van der Waals surface area contributed by atoms with Gasteiger partial charge in [-0.2, -0.15) is 9.65 Å². The van der Waals surface area contributed by atoms with Gasteiger partial charge in [-0.05, 0) is 0 Å². The number of nitrogens with zero attached hydrogens (tertiary/aromatic N) is 1. The highest BCUT2D eigenvalue weighted by Crippen LogP contribution is 2.24. The van der Waals surface area contributed by atoms with Gasteiger partial charge in [0.1, 0.15) is 6.07 Å². The van der Waals surface area contributed by atoms with Gasteiger partial charge >= 0.3 is 0 Å². The lowest BCUT2D eigenvalue weighted by Gasteiger charge is -2.03. The van der Waals surface area contributed by atoms with Crippen molar-refractivity contribution in [3.63, 3.8) is 0 Å². The highest BCUT2D eigenvalue weighted by Gasteiger charge is 2.18. The van der Waals surface area contributed by atoms with Crippen molar-refractivity contribution in [2.75, 3.05) is 7.11 Å². The van der Waals surface area contributed by atoms with Crippen LogP contribution in [0, 0.1) is 28.8 Å². The average Bonchev–Trinajstić information content (AvgIpc) is 2.15. The number of hydrogen-bond donors (Lipinski definition) is 0. The Kier molecular flexibility index (Phi) is 2.42. The monoisotopic (exact) mass is 187 g/mol. The molecule has 68 valence electrons. The minimum Gasteiger partial charge on any atom is -0.494 e. The predicted molar refractivity (Wildman–Crippen MR) is 37.6 cm³/mol. The lowest BCUT2D eigenvalue weighted by atomic mass is 10.2. The Morgan fingerprint density at radius 3 is 2.31 bits per heavy atom. The molecule has 0 N–H and O–H groups in total. The zero-order chi connectivity index (χ0) is 10.0. The maximum Gasteiger partial charge on any atom is 0.203 e. The smallest absolute Gasteiger partial charge is 0.203 e. The van der Waals surface area contributed by atoms with Gasteiger partial charge in [0.2, 0.25) is 5.82 Å². The van der Waals surface area contributed by atoms with Crippen molar-refractivity contribution >= 4 is 0 Å². The number of benzene rings is 1. The van der Waals surface area contributed by atoms with E-state index >= 15 is 0 Å². The van der Waals surface area contributed by atoms with Crippen LogP contribution in [0.25, 0.3) is 0 Å². The van der Waals surface area contributed by atoms with Gasteiger partial charge in [-0.25, -0.2) is 8.78 Å². The van der Waals surface area contributed by atoms with Crippen LogP contribution in [0.15, 0.2) is 6.07 Å². The maximum atomic E-state index is 12.7. The SMILES string of the molecule is COc1cc(C#N)c(F)c(F)c1F. The molecule has 0 heterocycles. The van der Waals surface area contributed by atoms with Crippen LogP contribution in [0.1, 0.15) is 5.56 Å². The molecule has 0 saturated carbocycles. The van der Waals surface area contributed by atoms with E-state index in [1.807, 2.05) is 0 Å². The first-order chi connectivity index (χ1) is 6.11. The van der Waals surface area contributed by atoms with Gasteiger partial charge < -0.3 is 4.74 Å². The Bertz CT molecular complexity index is 384. The molecule has 0 unspecified atom stereocenters. The normalized spacial score (nSPS) is 9.46. The molecular formula is C8H4F3NO. The molecule has 1 rings (SSSR count). The molecule has 13 heavy (non-hydrogen) atoms.